The predicted molar refractivity (Wildman–Crippen MR) is 80.0 cm³/mol. The van der Waals surface area contributed by atoms with Crippen molar-refractivity contribution in [1.82, 2.24) is 5.32 Å². The second-order valence-corrected chi connectivity index (χ2v) is 5.42. The Morgan fingerprint density at radius 3 is 2.33 bits per heavy atom. The fourth-order valence-electron chi connectivity index (χ4n) is 2.03. The number of likely N-dealkylation sites (N-methyl/N-ethyl adjacent to an activating group) is 1. The van der Waals surface area contributed by atoms with E-state index in [1.165, 1.54) is 0 Å². The predicted octanol–water partition coefficient (Wildman–Crippen LogP) is 1.86. The summed E-state index contributed by atoms with van der Waals surface area (Å²) in [7, 11) is 1.67. The number of aliphatic carboxylic acids is 1. The molecular formula is C16H23NO4. The fraction of sp³-hybridized carbons (Fsp3) is 0.500. The van der Waals surface area contributed by atoms with Crippen molar-refractivity contribution in [3.05, 3.63) is 35.9 Å². The zero-order valence-corrected chi connectivity index (χ0v) is 12.7. The maximum Gasteiger partial charge on any atom is 0.345 e. The molecule has 2 atom stereocenters. The Kier molecular flexibility index (Phi) is 6.88. The molecule has 0 aromatic heterocycles. The Morgan fingerprint density at radius 1 is 1.24 bits per heavy atom. The van der Waals surface area contributed by atoms with E-state index in [-0.39, 0.29) is 6.42 Å². The van der Waals surface area contributed by atoms with Crippen LogP contribution in [0.3, 0.4) is 0 Å². The molecule has 0 heterocycles. The lowest BCUT2D eigenvalue weighted by molar-refractivity contribution is -0.165. The third-order valence-electron chi connectivity index (χ3n) is 3.14. The van der Waals surface area contributed by atoms with E-state index in [1.807, 2.05) is 44.2 Å². The summed E-state index contributed by atoms with van der Waals surface area (Å²) < 4.78 is 5.17. The number of carboxylic acid groups (broad SMARTS) is 1. The molecule has 0 aliphatic heterocycles. The minimum absolute atomic E-state index is 0.167. The van der Waals surface area contributed by atoms with Crippen molar-refractivity contribution in [2.24, 2.45) is 5.92 Å². The number of rotatable bonds is 8. The molecule has 0 bridgehead atoms. The minimum Gasteiger partial charge on any atom is -0.478 e. The number of ether oxygens (including phenoxy) is 1. The second kappa shape index (κ2) is 8.42. The summed E-state index contributed by atoms with van der Waals surface area (Å²) >= 11 is 0. The van der Waals surface area contributed by atoms with Gasteiger partial charge in [0.15, 0.2) is 0 Å². The van der Waals surface area contributed by atoms with Crippen molar-refractivity contribution in [3.8, 4) is 0 Å². The standard InChI is InChI=1S/C16H23NO4/c1-11(2)9-13(17-3)16(20)21-14(15(18)19)10-12-7-5-4-6-8-12/h4-8,11,13-14,17H,9-10H2,1-3H3,(H,18,19)/t13-,14+/m0/s1. The molecule has 0 unspecified atom stereocenters. The maximum atomic E-state index is 12.1. The van der Waals surface area contributed by atoms with Crippen molar-refractivity contribution in [2.45, 2.75) is 38.8 Å². The number of hydrogen-bond donors (Lipinski definition) is 2. The monoisotopic (exact) mass is 293 g/mol. The van der Waals surface area contributed by atoms with Crippen LogP contribution in [-0.2, 0) is 20.7 Å². The molecule has 1 rings (SSSR count). The maximum absolute atomic E-state index is 12.1. The van der Waals surface area contributed by atoms with Crippen LogP contribution in [-0.4, -0.2) is 36.2 Å². The largest absolute Gasteiger partial charge is 0.478 e. The molecule has 0 amide bonds. The first kappa shape index (κ1) is 17.2. The van der Waals surface area contributed by atoms with Crippen molar-refractivity contribution >= 4 is 11.9 Å². The van der Waals surface area contributed by atoms with Gasteiger partial charge in [0.1, 0.15) is 6.04 Å². The normalized spacial score (nSPS) is 13.7. The number of carbonyl (C=O) groups excluding carboxylic acids is 1. The summed E-state index contributed by atoms with van der Waals surface area (Å²) in [6.07, 6.45) is -0.393. The molecule has 0 saturated heterocycles. The van der Waals surface area contributed by atoms with Crippen molar-refractivity contribution in [3.63, 3.8) is 0 Å². The lowest BCUT2D eigenvalue weighted by Gasteiger charge is -2.20. The summed E-state index contributed by atoms with van der Waals surface area (Å²) in [6.45, 7) is 3.99. The van der Waals surface area contributed by atoms with Gasteiger partial charge in [-0.25, -0.2) is 4.79 Å². The van der Waals surface area contributed by atoms with Gasteiger partial charge in [0, 0.05) is 6.42 Å². The van der Waals surface area contributed by atoms with E-state index in [0.29, 0.717) is 12.3 Å². The molecule has 0 radical (unpaired) electrons. The zero-order valence-electron chi connectivity index (χ0n) is 12.7. The van der Waals surface area contributed by atoms with Crippen LogP contribution in [0.1, 0.15) is 25.8 Å². The first-order valence-electron chi connectivity index (χ1n) is 7.08. The van der Waals surface area contributed by atoms with Gasteiger partial charge in [0.25, 0.3) is 0 Å². The van der Waals surface area contributed by atoms with Gasteiger partial charge >= 0.3 is 11.9 Å². The number of hydrogen-bond acceptors (Lipinski definition) is 4. The van der Waals surface area contributed by atoms with Gasteiger partial charge in [-0.05, 0) is 24.9 Å². The Bertz CT molecular complexity index is 459. The van der Waals surface area contributed by atoms with Gasteiger partial charge in [0.05, 0.1) is 0 Å². The second-order valence-electron chi connectivity index (χ2n) is 5.42. The van der Waals surface area contributed by atoms with Crippen LogP contribution in [0.4, 0.5) is 0 Å². The van der Waals surface area contributed by atoms with Crippen LogP contribution < -0.4 is 5.32 Å². The van der Waals surface area contributed by atoms with Crippen LogP contribution >= 0.6 is 0 Å². The number of benzene rings is 1. The number of carbonyl (C=O) groups is 2. The van der Waals surface area contributed by atoms with Crippen LogP contribution in [0, 0.1) is 5.92 Å². The molecule has 0 saturated carbocycles. The summed E-state index contributed by atoms with van der Waals surface area (Å²) in [4.78, 5) is 23.3. The molecule has 5 nitrogen and oxygen atoms in total. The Balaban J connectivity index is 2.69. The number of carboxylic acids is 1. The van der Waals surface area contributed by atoms with E-state index in [2.05, 4.69) is 5.32 Å². The Labute approximate surface area is 125 Å². The first-order valence-corrected chi connectivity index (χ1v) is 7.08. The minimum atomic E-state index is -1.16. The lowest BCUT2D eigenvalue weighted by atomic mass is 10.0. The van der Waals surface area contributed by atoms with Crippen LogP contribution in [0.2, 0.25) is 0 Å². The quantitative estimate of drug-likeness (QED) is 0.716. The van der Waals surface area contributed by atoms with Crippen molar-refractivity contribution in [2.75, 3.05) is 7.05 Å². The highest BCUT2D eigenvalue weighted by atomic mass is 16.6. The number of nitrogens with one attached hydrogen (secondary N) is 1. The van der Waals surface area contributed by atoms with Crippen LogP contribution in [0.15, 0.2) is 30.3 Å². The molecule has 0 aliphatic carbocycles. The molecule has 1 aromatic rings. The lowest BCUT2D eigenvalue weighted by Crippen LogP contribution is -2.41. The Hall–Kier alpha value is -1.88. The van der Waals surface area contributed by atoms with Gasteiger partial charge in [-0.15, -0.1) is 0 Å². The van der Waals surface area contributed by atoms with Crippen molar-refractivity contribution in [1.29, 1.82) is 0 Å². The zero-order chi connectivity index (χ0) is 15.8. The summed E-state index contributed by atoms with van der Waals surface area (Å²) in [5.74, 6) is -1.34. The van der Waals surface area contributed by atoms with Crippen LogP contribution in [0.5, 0.6) is 0 Å². The van der Waals surface area contributed by atoms with E-state index in [0.717, 1.165) is 5.56 Å². The smallest absolute Gasteiger partial charge is 0.345 e. The highest BCUT2D eigenvalue weighted by molar-refractivity contribution is 5.81. The van der Waals surface area contributed by atoms with E-state index in [4.69, 9.17) is 4.74 Å². The summed E-state index contributed by atoms with van der Waals surface area (Å²) in [5, 5.41) is 12.1. The first-order chi connectivity index (χ1) is 9.93. The molecule has 0 fully saturated rings. The fourth-order valence-corrected chi connectivity index (χ4v) is 2.03. The molecule has 0 spiro atoms. The third-order valence-corrected chi connectivity index (χ3v) is 3.14. The topological polar surface area (TPSA) is 75.6 Å². The molecule has 5 heteroatoms. The Morgan fingerprint density at radius 2 is 1.86 bits per heavy atom. The van der Waals surface area contributed by atoms with Gasteiger partial charge in [-0.1, -0.05) is 44.2 Å². The average molecular weight is 293 g/mol. The summed E-state index contributed by atoms with van der Waals surface area (Å²) in [5.41, 5.74) is 0.822. The molecule has 116 valence electrons. The number of esters is 1. The van der Waals surface area contributed by atoms with Gasteiger partial charge in [0.2, 0.25) is 6.10 Å². The van der Waals surface area contributed by atoms with Crippen LogP contribution in [0.25, 0.3) is 0 Å². The SMILES string of the molecule is CN[C@@H](CC(C)C)C(=O)O[C@H](Cc1ccccc1)C(=O)O. The van der Waals surface area contributed by atoms with E-state index >= 15 is 0 Å². The molecule has 2 N–H and O–H groups in total. The average Bonchev–Trinajstić information content (AvgIpc) is 2.44. The third kappa shape index (κ3) is 5.95. The van der Waals surface area contributed by atoms with E-state index in [1.54, 1.807) is 7.05 Å². The highest BCUT2D eigenvalue weighted by Crippen LogP contribution is 2.11. The van der Waals surface area contributed by atoms with Gasteiger partial charge in [-0.3, -0.25) is 4.79 Å². The van der Waals surface area contributed by atoms with Gasteiger partial charge < -0.3 is 15.2 Å². The van der Waals surface area contributed by atoms with Crippen molar-refractivity contribution < 1.29 is 19.4 Å². The van der Waals surface area contributed by atoms with E-state index in [9.17, 15) is 14.7 Å². The molecular weight excluding hydrogens is 270 g/mol. The molecule has 21 heavy (non-hydrogen) atoms. The molecule has 0 aliphatic rings. The van der Waals surface area contributed by atoms with E-state index < -0.39 is 24.1 Å². The highest BCUT2D eigenvalue weighted by Gasteiger charge is 2.27. The molecule has 1 aromatic carbocycles. The van der Waals surface area contributed by atoms with Gasteiger partial charge in [-0.2, -0.15) is 0 Å². The summed E-state index contributed by atoms with van der Waals surface area (Å²) in [6, 6.07) is 8.64.